The van der Waals surface area contributed by atoms with Crippen LogP contribution in [0.25, 0.3) is 10.9 Å². The molecular formula is C22H24N6O2S. The summed E-state index contributed by atoms with van der Waals surface area (Å²) in [5, 5.41) is 14.1. The molecule has 0 aliphatic heterocycles. The Kier molecular flexibility index (Phi) is 5.24. The van der Waals surface area contributed by atoms with Gasteiger partial charge in [-0.3, -0.25) is 4.68 Å². The molecule has 2 aromatic carbocycles. The van der Waals surface area contributed by atoms with Gasteiger partial charge in [0.1, 0.15) is 0 Å². The van der Waals surface area contributed by atoms with Gasteiger partial charge in [-0.15, -0.1) is 0 Å². The molecule has 0 saturated carbocycles. The molecule has 0 spiro atoms. The zero-order valence-electron chi connectivity index (χ0n) is 17.8. The molecule has 0 radical (unpaired) electrons. The van der Waals surface area contributed by atoms with Crippen LogP contribution >= 0.6 is 0 Å². The number of hydrogen-bond donors (Lipinski definition) is 2. The van der Waals surface area contributed by atoms with Crippen LogP contribution in [0.1, 0.15) is 35.4 Å². The van der Waals surface area contributed by atoms with Gasteiger partial charge in [-0.25, -0.2) is 23.5 Å². The molecular weight excluding hydrogens is 412 g/mol. The number of fused-ring (bicyclic) bond motifs is 1. The first-order chi connectivity index (χ1) is 14.6. The van der Waals surface area contributed by atoms with Crippen LogP contribution in [0, 0.1) is 13.8 Å². The van der Waals surface area contributed by atoms with Gasteiger partial charge in [0.05, 0.1) is 16.1 Å². The van der Waals surface area contributed by atoms with Crippen molar-refractivity contribution in [1.29, 1.82) is 0 Å². The number of nitrogens with two attached hydrogens (primary N) is 1. The Morgan fingerprint density at radius 1 is 1.10 bits per heavy atom. The lowest BCUT2D eigenvalue weighted by Crippen LogP contribution is -2.14. The number of benzene rings is 2. The van der Waals surface area contributed by atoms with Gasteiger partial charge in [-0.1, -0.05) is 25.1 Å². The number of rotatable bonds is 5. The van der Waals surface area contributed by atoms with Crippen molar-refractivity contribution in [3.8, 4) is 0 Å². The maximum atomic E-state index is 11.8. The molecule has 8 nitrogen and oxygen atoms in total. The molecule has 4 rings (SSSR count). The Bertz CT molecular complexity index is 1390. The van der Waals surface area contributed by atoms with E-state index in [1.54, 1.807) is 25.3 Å². The Morgan fingerprint density at radius 3 is 2.61 bits per heavy atom. The second-order valence-corrected chi connectivity index (χ2v) is 9.19. The van der Waals surface area contributed by atoms with Crippen molar-refractivity contribution in [2.45, 2.75) is 31.6 Å². The molecule has 3 N–H and O–H groups in total. The predicted molar refractivity (Wildman–Crippen MR) is 121 cm³/mol. The lowest BCUT2D eigenvalue weighted by molar-refractivity contribution is 0.597. The van der Waals surface area contributed by atoms with E-state index in [1.807, 2.05) is 24.7 Å². The minimum atomic E-state index is -3.81. The molecule has 2 aromatic heterocycles. The molecule has 1 atom stereocenters. The van der Waals surface area contributed by atoms with Gasteiger partial charge in [-0.2, -0.15) is 5.10 Å². The quantitative estimate of drug-likeness (QED) is 0.494. The molecule has 2 heterocycles. The monoisotopic (exact) mass is 436 g/mol. The molecule has 31 heavy (non-hydrogen) atoms. The van der Waals surface area contributed by atoms with Crippen molar-refractivity contribution in [2.75, 3.05) is 5.32 Å². The summed E-state index contributed by atoms with van der Waals surface area (Å²) in [6, 6.07) is 13.1. The number of anilines is 2. The Morgan fingerprint density at radius 2 is 1.87 bits per heavy atom. The van der Waals surface area contributed by atoms with Crippen LogP contribution in [0.3, 0.4) is 0 Å². The SMILES string of the molecule is Cc1ccc(Nc2nccc(C(C)c3ccc4c(C)n(C)nc4c3)n2)cc1S(N)(=O)=O. The molecule has 0 aliphatic carbocycles. The number of aryl methyl sites for hydroxylation is 3. The Balaban J connectivity index is 1.63. The molecule has 0 fully saturated rings. The van der Waals surface area contributed by atoms with Gasteiger partial charge in [-0.05, 0) is 49.2 Å². The smallest absolute Gasteiger partial charge is 0.238 e. The van der Waals surface area contributed by atoms with E-state index in [1.165, 1.54) is 6.07 Å². The van der Waals surface area contributed by atoms with E-state index in [-0.39, 0.29) is 10.8 Å². The van der Waals surface area contributed by atoms with Gasteiger partial charge < -0.3 is 5.32 Å². The lowest BCUT2D eigenvalue weighted by Gasteiger charge is -2.13. The highest BCUT2D eigenvalue weighted by atomic mass is 32.2. The van der Waals surface area contributed by atoms with Crippen LogP contribution in [0.4, 0.5) is 11.6 Å². The molecule has 0 bridgehead atoms. The zero-order chi connectivity index (χ0) is 22.3. The van der Waals surface area contributed by atoms with Gasteiger partial charge in [0.25, 0.3) is 0 Å². The second-order valence-electron chi connectivity index (χ2n) is 7.66. The largest absolute Gasteiger partial charge is 0.324 e. The van der Waals surface area contributed by atoms with Crippen molar-refractivity contribution in [2.24, 2.45) is 12.2 Å². The predicted octanol–water partition coefficient (Wildman–Crippen LogP) is 3.52. The first kappa shape index (κ1) is 21.0. The normalized spacial score (nSPS) is 12.8. The molecule has 1 unspecified atom stereocenters. The van der Waals surface area contributed by atoms with E-state index in [0.29, 0.717) is 17.2 Å². The molecule has 9 heteroatoms. The van der Waals surface area contributed by atoms with Crippen LogP contribution in [0.2, 0.25) is 0 Å². The van der Waals surface area contributed by atoms with Crippen LogP contribution in [-0.2, 0) is 17.1 Å². The summed E-state index contributed by atoms with van der Waals surface area (Å²) in [6.07, 6.45) is 1.68. The topological polar surface area (TPSA) is 116 Å². The van der Waals surface area contributed by atoms with E-state index < -0.39 is 10.0 Å². The standard InChI is InChI=1S/C22H24N6O2S/c1-13-5-7-17(12-21(13)31(23,29)30)25-22-24-10-9-19(26-22)14(2)16-6-8-18-15(3)28(4)27-20(18)11-16/h5-12,14H,1-4H3,(H2,23,29,30)(H,24,25,26). The fraction of sp³-hybridized carbons (Fsp3) is 0.227. The lowest BCUT2D eigenvalue weighted by atomic mass is 9.96. The van der Waals surface area contributed by atoms with Crippen molar-refractivity contribution >= 4 is 32.6 Å². The maximum Gasteiger partial charge on any atom is 0.238 e. The number of nitrogens with one attached hydrogen (secondary N) is 1. The Hall–Kier alpha value is -3.30. The summed E-state index contributed by atoms with van der Waals surface area (Å²) in [4.78, 5) is 8.97. The first-order valence-corrected chi connectivity index (χ1v) is 11.3. The van der Waals surface area contributed by atoms with E-state index in [2.05, 4.69) is 45.5 Å². The highest BCUT2D eigenvalue weighted by molar-refractivity contribution is 7.89. The van der Waals surface area contributed by atoms with Gasteiger partial charge in [0.15, 0.2) is 0 Å². The average molecular weight is 437 g/mol. The van der Waals surface area contributed by atoms with E-state index >= 15 is 0 Å². The highest BCUT2D eigenvalue weighted by Crippen LogP contribution is 2.28. The molecule has 4 aromatic rings. The highest BCUT2D eigenvalue weighted by Gasteiger charge is 2.15. The second kappa shape index (κ2) is 7.75. The van der Waals surface area contributed by atoms with Crippen molar-refractivity contribution in [3.63, 3.8) is 0 Å². The number of sulfonamides is 1. The summed E-state index contributed by atoms with van der Waals surface area (Å²) >= 11 is 0. The first-order valence-electron chi connectivity index (χ1n) is 9.80. The minimum Gasteiger partial charge on any atom is -0.324 e. The summed E-state index contributed by atoms with van der Waals surface area (Å²) < 4.78 is 25.5. The third kappa shape index (κ3) is 4.14. The van der Waals surface area contributed by atoms with E-state index in [0.717, 1.165) is 27.9 Å². The van der Waals surface area contributed by atoms with Crippen molar-refractivity contribution in [3.05, 3.63) is 71.2 Å². The molecule has 0 saturated heterocycles. The number of nitrogens with zero attached hydrogens (tertiary/aromatic N) is 4. The maximum absolute atomic E-state index is 11.8. The summed E-state index contributed by atoms with van der Waals surface area (Å²) in [6.45, 7) is 5.82. The third-order valence-electron chi connectivity index (χ3n) is 5.53. The summed E-state index contributed by atoms with van der Waals surface area (Å²) in [5.41, 5.74) is 5.14. The van der Waals surface area contributed by atoms with E-state index in [9.17, 15) is 8.42 Å². The van der Waals surface area contributed by atoms with Gasteiger partial charge >= 0.3 is 0 Å². The number of primary sulfonamides is 1. The summed E-state index contributed by atoms with van der Waals surface area (Å²) in [5.74, 6) is 0.400. The van der Waals surface area contributed by atoms with Crippen LogP contribution in [0.15, 0.2) is 53.6 Å². The van der Waals surface area contributed by atoms with Crippen LogP contribution in [0.5, 0.6) is 0 Å². The van der Waals surface area contributed by atoms with Crippen molar-refractivity contribution in [1.82, 2.24) is 19.7 Å². The van der Waals surface area contributed by atoms with Gasteiger partial charge in [0.2, 0.25) is 16.0 Å². The average Bonchev–Trinajstić information content (AvgIpc) is 3.01. The number of hydrogen-bond acceptors (Lipinski definition) is 6. The fourth-order valence-corrected chi connectivity index (χ4v) is 4.38. The zero-order valence-corrected chi connectivity index (χ0v) is 18.6. The van der Waals surface area contributed by atoms with Crippen LogP contribution in [-0.4, -0.2) is 28.2 Å². The molecule has 0 amide bonds. The van der Waals surface area contributed by atoms with Gasteiger partial charge in [0, 0.05) is 35.9 Å². The fourth-order valence-electron chi connectivity index (χ4n) is 3.58. The van der Waals surface area contributed by atoms with Crippen LogP contribution < -0.4 is 10.5 Å². The third-order valence-corrected chi connectivity index (χ3v) is 6.58. The molecule has 160 valence electrons. The van der Waals surface area contributed by atoms with Crippen molar-refractivity contribution < 1.29 is 8.42 Å². The Labute approximate surface area is 181 Å². The molecule has 0 aliphatic rings. The van der Waals surface area contributed by atoms with E-state index in [4.69, 9.17) is 5.14 Å². The minimum absolute atomic E-state index is 0.0215. The summed E-state index contributed by atoms with van der Waals surface area (Å²) in [7, 11) is -1.88. The number of aromatic nitrogens is 4.